The van der Waals surface area contributed by atoms with Crippen molar-refractivity contribution in [2.45, 2.75) is 6.42 Å². The van der Waals surface area contributed by atoms with Gasteiger partial charge in [0.05, 0.1) is 20.8 Å². The minimum atomic E-state index is 0. The van der Waals surface area contributed by atoms with Crippen molar-refractivity contribution < 1.29 is 14.2 Å². The zero-order valence-electron chi connectivity index (χ0n) is 16.0. The van der Waals surface area contributed by atoms with E-state index in [0.29, 0.717) is 13.2 Å². The van der Waals surface area contributed by atoms with Crippen LogP contribution in [-0.2, 0) is 6.42 Å². The fraction of sp³-hybridized carbons (Fsp3) is 0.350. The Kier molecular flexibility index (Phi) is 11.1. The molecule has 2 N–H and O–H groups in total. The number of hydrogen-bond acceptors (Lipinski definition) is 4. The van der Waals surface area contributed by atoms with E-state index in [4.69, 9.17) is 14.2 Å². The van der Waals surface area contributed by atoms with Crippen LogP contribution >= 0.6 is 24.0 Å². The summed E-state index contributed by atoms with van der Waals surface area (Å²) in [5.41, 5.74) is 1.09. The molecule has 0 radical (unpaired) electrons. The van der Waals surface area contributed by atoms with Crippen molar-refractivity contribution in [3.05, 3.63) is 54.1 Å². The van der Waals surface area contributed by atoms with Crippen LogP contribution in [0.4, 0.5) is 0 Å². The number of hydrogen-bond donors (Lipinski definition) is 2. The molecule has 0 saturated heterocycles. The van der Waals surface area contributed by atoms with Crippen LogP contribution in [-0.4, -0.2) is 46.9 Å². The molecule has 2 aromatic rings. The predicted octanol–water partition coefficient (Wildman–Crippen LogP) is 3.11. The van der Waals surface area contributed by atoms with Gasteiger partial charge in [-0.15, -0.1) is 24.0 Å². The van der Waals surface area contributed by atoms with Crippen LogP contribution in [0.25, 0.3) is 0 Å². The molecular formula is C20H28IN3O3. The second kappa shape index (κ2) is 13.1. The maximum atomic E-state index is 5.65. The van der Waals surface area contributed by atoms with E-state index < -0.39 is 0 Å². The van der Waals surface area contributed by atoms with Crippen LogP contribution in [0.1, 0.15) is 5.56 Å². The Morgan fingerprint density at radius 2 is 1.67 bits per heavy atom. The first kappa shape index (κ1) is 22.9. The van der Waals surface area contributed by atoms with Gasteiger partial charge in [-0.25, -0.2) is 0 Å². The highest BCUT2D eigenvalue weighted by Gasteiger charge is 2.05. The number of halogens is 1. The molecular weight excluding hydrogens is 457 g/mol. The van der Waals surface area contributed by atoms with Crippen LogP contribution in [0.5, 0.6) is 17.2 Å². The number of aliphatic imine (C=N–C) groups is 1. The van der Waals surface area contributed by atoms with E-state index in [1.165, 1.54) is 0 Å². The number of guanidine groups is 1. The molecule has 0 aliphatic rings. The lowest BCUT2D eigenvalue weighted by atomic mass is 10.1. The van der Waals surface area contributed by atoms with Crippen molar-refractivity contribution in [1.82, 2.24) is 10.6 Å². The largest absolute Gasteiger partial charge is 0.497 e. The Balaban J connectivity index is 0.00000364. The molecule has 0 unspecified atom stereocenters. The average Bonchev–Trinajstić information content (AvgIpc) is 2.70. The topological polar surface area (TPSA) is 64.1 Å². The molecule has 2 rings (SSSR count). The number of para-hydroxylation sites is 1. The summed E-state index contributed by atoms with van der Waals surface area (Å²) in [6, 6.07) is 15.6. The lowest BCUT2D eigenvalue weighted by Gasteiger charge is -2.14. The summed E-state index contributed by atoms with van der Waals surface area (Å²) in [7, 11) is 5.08. The zero-order valence-corrected chi connectivity index (χ0v) is 18.4. The van der Waals surface area contributed by atoms with Crippen LogP contribution in [0.2, 0.25) is 0 Å². The van der Waals surface area contributed by atoms with Crippen LogP contribution in [0.3, 0.4) is 0 Å². The van der Waals surface area contributed by atoms with Crippen LogP contribution < -0.4 is 24.8 Å². The summed E-state index contributed by atoms with van der Waals surface area (Å²) in [5, 5.41) is 6.53. The summed E-state index contributed by atoms with van der Waals surface area (Å²) < 4.78 is 16.3. The summed E-state index contributed by atoms with van der Waals surface area (Å²) in [5.74, 6) is 3.28. The third kappa shape index (κ3) is 7.94. The van der Waals surface area contributed by atoms with Crippen molar-refractivity contribution in [2.24, 2.45) is 4.99 Å². The van der Waals surface area contributed by atoms with Crippen molar-refractivity contribution in [1.29, 1.82) is 0 Å². The first-order valence-corrected chi connectivity index (χ1v) is 8.60. The van der Waals surface area contributed by atoms with Gasteiger partial charge in [0.25, 0.3) is 0 Å². The van der Waals surface area contributed by atoms with Crippen LogP contribution in [0, 0.1) is 0 Å². The summed E-state index contributed by atoms with van der Waals surface area (Å²) in [6.07, 6.45) is 0.793. The van der Waals surface area contributed by atoms with Crippen molar-refractivity contribution in [2.75, 3.05) is 41.0 Å². The van der Waals surface area contributed by atoms with Gasteiger partial charge in [0.1, 0.15) is 23.9 Å². The van der Waals surface area contributed by atoms with Crippen molar-refractivity contribution in [3.63, 3.8) is 0 Å². The molecule has 0 aromatic heterocycles. The van der Waals surface area contributed by atoms with E-state index in [1.54, 1.807) is 21.3 Å². The van der Waals surface area contributed by atoms with E-state index in [1.807, 2.05) is 48.5 Å². The second-order valence-electron chi connectivity index (χ2n) is 5.52. The Morgan fingerprint density at radius 1 is 0.926 bits per heavy atom. The molecule has 148 valence electrons. The Hall–Kier alpha value is -2.16. The van der Waals surface area contributed by atoms with Crippen molar-refractivity contribution >= 4 is 29.9 Å². The third-order valence-corrected chi connectivity index (χ3v) is 3.80. The predicted molar refractivity (Wildman–Crippen MR) is 120 cm³/mol. The Labute approximate surface area is 178 Å². The molecule has 27 heavy (non-hydrogen) atoms. The molecule has 0 fully saturated rings. The fourth-order valence-electron chi connectivity index (χ4n) is 2.47. The number of nitrogens with one attached hydrogen (secondary N) is 2. The maximum absolute atomic E-state index is 5.65. The van der Waals surface area contributed by atoms with Gasteiger partial charge in [0.2, 0.25) is 0 Å². The van der Waals surface area contributed by atoms with Gasteiger partial charge in [0, 0.05) is 13.6 Å². The first-order chi connectivity index (χ1) is 12.8. The molecule has 0 amide bonds. The van der Waals surface area contributed by atoms with Crippen LogP contribution in [0.15, 0.2) is 53.5 Å². The molecule has 0 bridgehead atoms. The van der Waals surface area contributed by atoms with Gasteiger partial charge >= 0.3 is 0 Å². The lowest BCUT2D eigenvalue weighted by molar-refractivity contribution is 0.322. The SMILES string of the molecule is CN=C(NCCOc1ccccc1)NCCc1cc(OC)ccc1OC.I. The number of benzene rings is 2. The summed E-state index contributed by atoms with van der Waals surface area (Å²) >= 11 is 0. The Morgan fingerprint density at radius 3 is 2.33 bits per heavy atom. The minimum absolute atomic E-state index is 0. The molecule has 0 saturated carbocycles. The van der Waals surface area contributed by atoms with Gasteiger partial charge in [-0.2, -0.15) is 0 Å². The summed E-state index contributed by atoms with van der Waals surface area (Å²) in [6.45, 7) is 1.95. The van der Waals surface area contributed by atoms with E-state index in [-0.39, 0.29) is 24.0 Å². The minimum Gasteiger partial charge on any atom is -0.497 e. The average molecular weight is 485 g/mol. The van der Waals surface area contributed by atoms with Gasteiger partial charge in [-0.05, 0) is 42.3 Å². The monoisotopic (exact) mass is 485 g/mol. The molecule has 7 heteroatoms. The smallest absolute Gasteiger partial charge is 0.191 e. The first-order valence-electron chi connectivity index (χ1n) is 8.60. The fourth-order valence-corrected chi connectivity index (χ4v) is 2.47. The highest BCUT2D eigenvalue weighted by Crippen LogP contribution is 2.24. The molecule has 0 spiro atoms. The summed E-state index contributed by atoms with van der Waals surface area (Å²) in [4.78, 5) is 4.22. The van der Waals surface area contributed by atoms with E-state index in [0.717, 1.165) is 41.7 Å². The quantitative estimate of drug-likeness (QED) is 0.248. The molecule has 0 aliphatic carbocycles. The number of nitrogens with zero attached hydrogens (tertiary/aromatic N) is 1. The number of methoxy groups -OCH3 is 2. The van der Waals surface area contributed by atoms with E-state index >= 15 is 0 Å². The third-order valence-electron chi connectivity index (χ3n) is 3.80. The van der Waals surface area contributed by atoms with E-state index in [2.05, 4.69) is 15.6 Å². The lowest BCUT2D eigenvalue weighted by Crippen LogP contribution is -2.40. The second-order valence-corrected chi connectivity index (χ2v) is 5.52. The van der Waals surface area contributed by atoms with Gasteiger partial charge in [-0.1, -0.05) is 18.2 Å². The molecule has 0 aliphatic heterocycles. The zero-order chi connectivity index (χ0) is 18.6. The molecule has 0 heterocycles. The normalized spacial score (nSPS) is 10.6. The highest BCUT2D eigenvalue weighted by atomic mass is 127. The Bertz CT molecular complexity index is 696. The molecule has 6 nitrogen and oxygen atoms in total. The van der Waals surface area contributed by atoms with Gasteiger partial charge in [0.15, 0.2) is 5.96 Å². The standard InChI is InChI=1S/C20H27N3O3.HI/c1-21-20(23-13-14-26-17-7-5-4-6-8-17)22-12-11-16-15-18(24-2)9-10-19(16)25-3;/h4-10,15H,11-14H2,1-3H3,(H2,21,22,23);1H. The highest BCUT2D eigenvalue weighted by molar-refractivity contribution is 14.0. The maximum Gasteiger partial charge on any atom is 0.191 e. The van der Waals surface area contributed by atoms with Crippen molar-refractivity contribution in [3.8, 4) is 17.2 Å². The van der Waals surface area contributed by atoms with E-state index in [9.17, 15) is 0 Å². The van der Waals surface area contributed by atoms with Gasteiger partial charge < -0.3 is 24.8 Å². The number of ether oxygens (including phenoxy) is 3. The molecule has 0 atom stereocenters. The van der Waals surface area contributed by atoms with Gasteiger partial charge in [-0.3, -0.25) is 4.99 Å². The molecule has 2 aromatic carbocycles. The number of rotatable bonds is 9.